The number of rotatable bonds is 13. The van der Waals surface area contributed by atoms with E-state index in [1.807, 2.05) is 0 Å². The quantitative estimate of drug-likeness (QED) is 0.506. The molecule has 0 aromatic heterocycles. The Morgan fingerprint density at radius 2 is 1.37 bits per heavy atom. The SMILES string of the molecule is CCCCCNCCN(CCC(C)C)CCC(C)C. The van der Waals surface area contributed by atoms with Crippen molar-refractivity contribution in [3.05, 3.63) is 0 Å². The Hall–Kier alpha value is -0.0800. The van der Waals surface area contributed by atoms with E-state index in [-0.39, 0.29) is 0 Å². The molecule has 116 valence electrons. The maximum Gasteiger partial charge on any atom is 0.0107 e. The number of hydrogen-bond acceptors (Lipinski definition) is 2. The second-order valence-electron chi connectivity index (χ2n) is 6.66. The molecule has 0 aromatic carbocycles. The summed E-state index contributed by atoms with van der Waals surface area (Å²) >= 11 is 0. The van der Waals surface area contributed by atoms with Gasteiger partial charge in [0.15, 0.2) is 0 Å². The molecule has 0 rings (SSSR count). The highest BCUT2D eigenvalue weighted by Crippen LogP contribution is 2.06. The van der Waals surface area contributed by atoms with Gasteiger partial charge in [-0.15, -0.1) is 0 Å². The Morgan fingerprint density at radius 1 is 0.789 bits per heavy atom. The minimum atomic E-state index is 0.819. The zero-order valence-electron chi connectivity index (χ0n) is 14.2. The second-order valence-corrected chi connectivity index (χ2v) is 6.66. The third kappa shape index (κ3) is 14.1. The molecule has 0 spiro atoms. The van der Waals surface area contributed by atoms with Crippen LogP contribution in [0.5, 0.6) is 0 Å². The number of nitrogens with one attached hydrogen (secondary N) is 1. The molecule has 0 atom stereocenters. The smallest absolute Gasteiger partial charge is 0.0107 e. The minimum absolute atomic E-state index is 0.819. The van der Waals surface area contributed by atoms with Crippen molar-refractivity contribution in [1.82, 2.24) is 10.2 Å². The van der Waals surface area contributed by atoms with Crippen LogP contribution in [0.4, 0.5) is 0 Å². The summed E-state index contributed by atoms with van der Waals surface area (Å²) in [6.07, 6.45) is 6.66. The zero-order valence-corrected chi connectivity index (χ0v) is 14.2. The van der Waals surface area contributed by atoms with Crippen molar-refractivity contribution in [3.8, 4) is 0 Å². The van der Waals surface area contributed by atoms with Crippen LogP contribution in [0, 0.1) is 11.8 Å². The van der Waals surface area contributed by atoms with Gasteiger partial charge in [-0.2, -0.15) is 0 Å². The average Bonchev–Trinajstić information content (AvgIpc) is 2.35. The van der Waals surface area contributed by atoms with Crippen molar-refractivity contribution in [1.29, 1.82) is 0 Å². The highest BCUT2D eigenvalue weighted by atomic mass is 15.1. The molecule has 0 radical (unpaired) electrons. The van der Waals surface area contributed by atoms with Crippen molar-refractivity contribution in [2.75, 3.05) is 32.7 Å². The second kappa shape index (κ2) is 12.9. The normalized spacial score (nSPS) is 12.0. The lowest BCUT2D eigenvalue weighted by Crippen LogP contribution is -2.34. The van der Waals surface area contributed by atoms with E-state index in [0.717, 1.165) is 18.4 Å². The fraction of sp³-hybridized carbons (Fsp3) is 1.00. The first kappa shape index (κ1) is 18.9. The van der Waals surface area contributed by atoms with E-state index in [1.165, 1.54) is 58.3 Å². The summed E-state index contributed by atoms with van der Waals surface area (Å²) in [6.45, 7) is 17.6. The molecule has 0 saturated carbocycles. The van der Waals surface area contributed by atoms with Crippen LogP contribution >= 0.6 is 0 Å². The molecule has 2 nitrogen and oxygen atoms in total. The van der Waals surface area contributed by atoms with Crippen molar-refractivity contribution in [2.45, 2.75) is 66.7 Å². The van der Waals surface area contributed by atoms with Crippen molar-refractivity contribution in [2.24, 2.45) is 11.8 Å². The molecular formula is C17H38N2. The Kier molecular flexibility index (Phi) is 12.9. The lowest BCUT2D eigenvalue weighted by molar-refractivity contribution is 0.243. The van der Waals surface area contributed by atoms with E-state index in [0.29, 0.717) is 0 Å². The molecule has 0 unspecified atom stereocenters. The third-order valence-electron chi connectivity index (χ3n) is 3.61. The molecule has 0 amide bonds. The summed E-state index contributed by atoms with van der Waals surface area (Å²) in [5, 5.41) is 3.58. The Bertz CT molecular complexity index is 166. The molecule has 0 aliphatic rings. The van der Waals surface area contributed by atoms with Gasteiger partial charge in [0, 0.05) is 13.1 Å². The van der Waals surface area contributed by atoms with Gasteiger partial charge in [-0.3, -0.25) is 0 Å². The molecule has 0 heterocycles. The fourth-order valence-electron chi connectivity index (χ4n) is 2.08. The van der Waals surface area contributed by atoms with E-state index < -0.39 is 0 Å². The van der Waals surface area contributed by atoms with Crippen LogP contribution in [0.25, 0.3) is 0 Å². The van der Waals surface area contributed by atoms with E-state index in [9.17, 15) is 0 Å². The molecule has 0 saturated heterocycles. The first-order valence-electron chi connectivity index (χ1n) is 8.49. The number of nitrogens with zero attached hydrogens (tertiary/aromatic N) is 1. The zero-order chi connectivity index (χ0) is 14.5. The van der Waals surface area contributed by atoms with Gasteiger partial charge in [0.2, 0.25) is 0 Å². The van der Waals surface area contributed by atoms with Crippen molar-refractivity contribution >= 4 is 0 Å². The summed E-state index contributed by atoms with van der Waals surface area (Å²) in [6, 6.07) is 0. The predicted molar refractivity (Wildman–Crippen MR) is 87.7 cm³/mol. The highest BCUT2D eigenvalue weighted by Gasteiger charge is 2.06. The molecule has 19 heavy (non-hydrogen) atoms. The van der Waals surface area contributed by atoms with E-state index in [2.05, 4.69) is 44.8 Å². The van der Waals surface area contributed by atoms with Crippen LogP contribution in [0.3, 0.4) is 0 Å². The van der Waals surface area contributed by atoms with Crippen molar-refractivity contribution < 1.29 is 0 Å². The van der Waals surface area contributed by atoms with Crippen molar-refractivity contribution in [3.63, 3.8) is 0 Å². The monoisotopic (exact) mass is 270 g/mol. The van der Waals surface area contributed by atoms with Crippen LogP contribution in [0.2, 0.25) is 0 Å². The molecule has 0 aromatic rings. The van der Waals surface area contributed by atoms with Gasteiger partial charge in [0.1, 0.15) is 0 Å². The molecule has 0 aliphatic heterocycles. The van der Waals surface area contributed by atoms with Gasteiger partial charge < -0.3 is 10.2 Å². The van der Waals surface area contributed by atoms with Gasteiger partial charge in [0.25, 0.3) is 0 Å². The molecule has 0 bridgehead atoms. The molecule has 0 aliphatic carbocycles. The Labute approximate surface area is 122 Å². The number of hydrogen-bond donors (Lipinski definition) is 1. The first-order valence-corrected chi connectivity index (χ1v) is 8.49. The van der Waals surface area contributed by atoms with Crippen LogP contribution in [-0.2, 0) is 0 Å². The van der Waals surface area contributed by atoms with Gasteiger partial charge in [0.05, 0.1) is 0 Å². The molecule has 1 N–H and O–H groups in total. The summed E-state index contributed by atoms with van der Waals surface area (Å²) in [5.74, 6) is 1.64. The minimum Gasteiger partial charge on any atom is -0.315 e. The average molecular weight is 271 g/mol. The topological polar surface area (TPSA) is 15.3 Å². The lowest BCUT2D eigenvalue weighted by atomic mass is 10.1. The Morgan fingerprint density at radius 3 is 1.84 bits per heavy atom. The lowest BCUT2D eigenvalue weighted by Gasteiger charge is -2.24. The van der Waals surface area contributed by atoms with Crippen LogP contribution < -0.4 is 5.32 Å². The standard InChI is InChI=1S/C17H38N2/c1-6-7-8-11-18-12-15-19(13-9-16(2)3)14-10-17(4)5/h16-18H,6-15H2,1-5H3. The van der Waals surface area contributed by atoms with Gasteiger partial charge in [-0.25, -0.2) is 0 Å². The summed E-state index contributed by atoms with van der Waals surface area (Å²) < 4.78 is 0. The van der Waals surface area contributed by atoms with Gasteiger partial charge in [-0.1, -0.05) is 47.5 Å². The Balaban J connectivity index is 3.71. The maximum atomic E-state index is 3.58. The summed E-state index contributed by atoms with van der Waals surface area (Å²) in [7, 11) is 0. The molecule has 0 fully saturated rings. The van der Waals surface area contributed by atoms with Crippen LogP contribution in [-0.4, -0.2) is 37.6 Å². The van der Waals surface area contributed by atoms with Crippen LogP contribution in [0.15, 0.2) is 0 Å². The van der Waals surface area contributed by atoms with E-state index in [4.69, 9.17) is 0 Å². The molecular weight excluding hydrogens is 232 g/mol. The van der Waals surface area contributed by atoms with E-state index in [1.54, 1.807) is 0 Å². The number of unbranched alkanes of at least 4 members (excludes halogenated alkanes) is 2. The largest absolute Gasteiger partial charge is 0.315 e. The first-order chi connectivity index (χ1) is 9.06. The summed E-state index contributed by atoms with van der Waals surface area (Å²) in [4.78, 5) is 2.65. The predicted octanol–water partition coefficient (Wildman–Crippen LogP) is 4.16. The van der Waals surface area contributed by atoms with Crippen LogP contribution in [0.1, 0.15) is 66.7 Å². The molecule has 2 heteroatoms. The third-order valence-corrected chi connectivity index (χ3v) is 3.61. The van der Waals surface area contributed by atoms with Gasteiger partial charge >= 0.3 is 0 Å². The fourth-order valence-corrected chi connectivity index (χ4v) is 2.08. The maximum absolute atomic E-state index is 3.58. The van der Waals surface area contributed by atoms with E-state index >= 15 is 0 Å². The van der Waals surface area contributed by atoms with Gasteiger partial charge in [-0.05, 0) is 50.7 Å². The summed E-state index contributed by atoms with van der Waals surface area (Å²) in [5.41, 5.74) is 0. The highest BCUT2D eigenvalue weighted by molar-refractivity contribution is 4.63.